The van der Waals surface area contributed by atoms with Gasteiger partial charge in [0.05, 0.1) is 6.61 Å². The Hall–Kier alpha value is -2.05. The molecule has 26 heavy (non-hydrogen) atoms. The number of aliphatic hydroxyl groups excluding tert-OH is 3. The molecule has 1 fully saturated rings. The SMILES string of the molecule is CCCO[C@@H](C)C(=O)ONc1ccn([C@@H]2O[C@H](CO)[C@@H](O)[C@H]2O)c(=O)n1. The average Bonchev–Trinajstić information content (AvgIpc) is 2.92. The molecule has 1 aliphatic heterocycles. The van der Waals surface area contributed by atoms with E-state index in [1.807, 2.05) is 6.92 Å². The highest BCUT2D eigenvalue weighted by molar-refractivity contribution is 5.74. The van der Waals surface area contributed by atoms with Gasteiger partial charge in [0.2, 0.25) is 0 Å². The molecular weight excluding hydrogens is 350 g/mol. The second-order valence-corrected chi connectivity index (χ2v) is 5.77. The van der Waals surface area contributed by atoms with Gasteiger partial charge in [0.25, 0.3) is 0 Å². The van der Waals surface area contributed by atoms with E-state index >= 15 is 0 Å². The fraction of sp³-hybridized carbons (Fsp3) is 0.667. The van der Waals surface area contributed by atoms with Crippen LogP contribution in [0, 0.1) is 0 Å². The van der Waals surface area contributed by atoms with Crippen LogP contribution in [0.3, 0.4) is 0 Å². The van der Waals surface area contributed by atoms with Crippen molar-refractivity contribution in [2.24, 2.45) is 0 Å². The Kier molecular flexibility index (Phi) is 7.06. The van der Waals surface area contributed by atoms with Crippen LogP contribution < -0.4 is 11.2 Å². The van der Waals surface area contributed by atoms with E-state index in [4.69, 9.17) is 19.4 Å². The third-order valence-corrected chi connectivity index (χ3v) is 3.78. The maximum Gasteiger partial charge on any atom is 0.360 e. The van der Waals surface area contributed by atoms with E-state index in [-0.39, 0.29) is 5.82 Å². The summed E-state index contributed by atoms with van der Waals surface area (Å²) in [7, 11) is 0. The number of nitrogens with zero attached hydrogens (tertiary/aromatic N) is 2. The molecule has 1 saturated heterocycles. The quantitative estimate of drug-likeness (QED) is 0.398. The van der Waals surface area contributed by atoms with Crippen molar-refractivity contribution in [3.8, 4) is 0 Å². The Morgan fingerprint density at radius 1 is 1.46 bits per heavy atom. The van der Waals surface area contributed by atoms with Gasteiger partial charge in [0, 0.05) is 18.9 Å². The van der Waals surface area contributed by atoms with Gasteiger partial charge < -0.3 is 29.6 Å². The zero-order chi connectivity index (χ0) is 19.3. The number of anilines is 1. The highest BCUT2D eigenvalue weighted by atomic mass is 16.7. The number of hydrogen-bond donors (Lipinski definition) is 4. The fourth-order valence-electron chi connectivity index (χ4n) is 2.32. The largest absolute Gasteiger partial charge is 0.394 e. The van der Waals surface area contributed by atoms with Crippen molar-refractivity contribution in [1.82, 2.24) is 9.55 Å². The number of rotatable bonds is 8. The lowest BCUT2D eigenvalue weighted by Crippen LogP contribution is -2.36. The summed E-state index contributed by atoms with van der Waals surface area (Å²) in [6.45, 7) is 3.34. The maximum atomic E-state index is 12.1. The van der Waals surface area contributed by atoms with E-state index < -0.39 is 48.9 Å². The molecule has 11 heteroatoms. The number of carbonyl (C=O) groups is 1. The van der Waals surface area contributed by atoms with Gasteiger partial charge in [-0.1, -0.05) is 6.92 Å². The monoisotopic (exact) mass is 373 g/mol. The summed E-state index contributed by atoms with van der Waals surface area (Å²) in [6.07, 6.45) is -3.71. The van der Waals surface area contributed by atoms with Crippen LogP contribution in [0.2, 0.25) is 0 Å². The van der Waals surface area contributed by atoms with Crippen LogP contribution in [0.15, 0.2) is 17.1 Å². The zero-order valence-corrected chi connectivity index (χ0v) is 14.4. The molecule has 11 nitrogen and oxygen atoms in total. The van der Waals surface area contributed by atoms with E-state index in [1.54, 1.807) is 0 Å². The smallest absolute Gasteiger partial charge is 0.360 e. The van der Waals surface area contributed by atoms with Crippen LogP contribution in [0.5, 0.6) is 0 Å². The zero-order valence-electron chi connectivity index (χ0n) is 14.4. The summed E-state index contributed by atoms with van der Waals surface area (Å²) >= 11 is 0. The minimum absolute atomic E-state index is 0.0333. The normalized spacial score (nSPS) is 26.5. The van der Waals surface area contributed by atoms with Gasteiger partial charge in [-0.25, -0.2) is 15.1 Å². The molecule has 5 atom stereocenters. The van der Waals surface area contributed by atoms with Crippen LogP contribution in [0.1, 0.15) is 26.5 Å². The second-order valence-electron chi connectivity index (χ2n) is 5.77. The molecular formula is C15H23N3O8. The molecule has 0 amide bonds. The molecule has 0 aromatic carbocycles. The third kappa shape index (κ3) is 4.56. The van der Waals surface area contributed by atoms with Crippen LogP contribution in [-0.2, 0) is 19.1 Å². The Morgan fingerprint density at radius 2 is 2.19 bits per heavy atom. The van der Waals surface area contributed by atoms with Gasteiger partial charge in [0.15, 0.2) is 18.1 Å². The molecule has 0 radical (unpaired) electrons. The highest BCUT2D eigenvalue weighted by Gasteiger charge is 2.43. The van der Waals surface area contributed by atoms with Crippen molar-refractivity contribution >= 4 is 11.8 Å². The van der Waals surface area contributed by atoms with Crippen LogP contribution in [0.4, 0.5) is 5.82 Å². The van der Waals surface area contributed by atoms with E-state index in [9.17, 15) is 19.8 Å². The van der Waals surface area contributed by atoms with Crippen molar-refractivity contribution < 1.29 is 34.4 Å². The van der Waals surface area contributed by atoms with E-state index in [1.165, 1.54) is 19.2 Å². The lowest BCUT2D eigenvalue weighted by Gasteiger charge is -2.17. The van der Waals surface area contributed by atoms with Crippen LogP contribution in [0.25, 0.3) is 0 Å². The lowest BCUT2D eigenvalue weighted by molar-refractivity contribution is -0.152. The van der Waals surface area contributed by atoms with Gasteiger partial charge in [-0.2, -0.15) is 4.98 Å². The molecule has 2 rings (SSSR count). The van der Waals surface area contributed by atoms with Crippen molar-refractivity contribution in [1.29, 1.82) is 0 Å². The third-order valence-electron chi connectivity index (χ3n) is 3.78. The first kappa shape index (κ1) is 20.3. The second kappa shape index (κ2) is 9.05. The van der Waals surface area contributed by atoms with E-state index in [0.29, 0.717) is 6.61 Å². The Bertz CT molecular complexity index is 667. The van der Waals surface area contributed by atoms with E-state index in [2.05, 4.69) is 10.5 Å². The lowest BCUT2D eigenvalue weighted by atomic mass is 10.1. The molecule has 0 aliphatic carbocycles. The van der Waals surface area contributed by atoms with Crippen molar-refractivity contribution in [3.63, 3.8) is 0 Å². The minimum atomic E-state index is -1.40. The van der Waals surface area contributed by atoms with Gasteiger partial charge in [0.1, 0.15) is 18.3 Å². The predicted octanol–water partition coefficient (Wildman–Crippen LogP) is -1.46. The molecule has 4 N–H and O–H groups in total. The average molecular weight is 373 g/mol. The number of nitrogens with one attached hydrogen (secondary N) is 1. The van der Waals surface area contributed by atoms with Crippen molar-refractivity contribution in [3.05, 3.63) is 22.7 Å². The van der Waals surface area contributed by atoms with Gasteiger partial charge in [-0.05, 0) is 13.3 Å². The van der Waals surface area contributed by atoms with Crippen molar-refractivity contribution in [2.45, 2.75) is 50.9 Å². The topological polar surface area (TPSA) is 152 Å². The summed E-state index contributed by atoms with van der Waals surface area (Å²) in [4.78, 5) is 32.3. The molecule has 0 unspecified atom stereocenters. The Balaban J connectivity index is 1.99. The molecule has 146 valence electrons. The number of carbonyl (C=O) groups excluding carboxylic acids is 1. The number of aliphatic hydroxyl groups is 3. The van der Waals surface area contributed by atoms with Gasteiger partial charge in [-0.3, -0.25) is 4.57 Å². The standard InChI is InChI=1S/C15H23N3O8/c1-3-6-24-8(2)14(22)26-17-10-4-5-18(15(23)16-10)13-12(21)11(20)9(7-19)25-13/h4-5,8-9,11-13,19-21H,3,6-7H2,1-2H3,(H,16,17,23)/t8-,9+,11+,12+,13+/m0/s1. The van der Waals surface area contributed by atoms with Crippen LogP contribution >= 0.6 is 0 Å². The molecule has 1 aliphatic rings. The summed E-state index contributed by atoms with van der Waals surface area (Å²) in [5.74, 6) is -0.707. The number of ether oxygens (including phenoxy) is 2. The van der Waals surface area contributed by atoms with E-state index in [0.717, 1.165) is 11.0 Å². The molecule has 0 bridgehead atoms. The summed E-state index contributed by atoms with van der Waals surface area (Å²) < 4.78 is 11.4. The summed E-state index contributed by atoms with van der Waals surface area (Å²) in [5, 5.41) is 28.8. The number of hydrogen-bond acceptors (Lipinski definition) is 10. The first-order chi connectivity index (χ1) is 12.4. The summed E-state index contributed by atoms with van der Waals surface area (Å²) in [5.41, 5.74) is 1.44. The first-order valence-corrected chi connectivity index (χ1v) is 8.19. The molecule has 2 heterocycles. The molecule has 1 aromatic rings. The predicted molar refractivity (Wildman–Crippen MR) is 86.9 cm³/mol. The van der Waals surface area contributed by atoms with Gasteiger partial charge >= 0.3 is 11.7 Å². The van der Waals surface area contributed by atoms with Crippen molar-refractivity contribution in [2.75, 3.05) is 18.7 Å². The summed E-state index contributed by atoms with van der Waals surface area (Å²) in [6, 6.07) is 1.32. The minimum Gasteiger partial charge on any atom is -0.394 e. The molecule has 0 saturated carbocycles. The Labute approximate surface area is 149 Å². The fourth-order valence-corrected chi connectivity index (χ4v) is 2.32. The van der Waals surface area contributed by atoms with Crippen LogP contribution in [-0.4, -0.2) is 68.5 Å². The first-order valence-electron chi connectivity index (χ1n) is 8.19. The van der Waals surface area contributed by atoms with Gasteiger partial charge in [-0.15, -0.1) is 0 Å². The molecule has 0 spiro atoms. The maximum absolute atomic E-state index is 12.1. The highest BCUT2D eigenvalue weighted by Crippen LogP contribution is 2.28. The molecule has 1 aromatic heterocycles. The number of aromatic nitrogens is 2. The Morgan fingerprint density at radius 3 is 2.77 bits per heavy atom.